The smallest absolute Gasteiger partial charge is 0.308 e. The first-order chi connectivity index (χ1) is 14.0. The molecule has 4 rings (SSSR count). The Kier molecular flexibility index (Phi) is 4.95. The lowest BCUT2D eigenvalue weighted by Gasteiger charge is -2.10. The van der Waals surface area contributed by atoms with Gasteiger partial charge in [0.2, 0.25) is 0 Å². The van der Waals surface area contributed by atoms with Gasteiger partial charge < -0.3 is 10.6 Å². The van der Waals surface area contributed by atoms with Crippen LogP contribution >= 0.6 is 0 Å². The van der Waals surface area contributed by atoms with Crippen LogP contribution in [0.4, 0.5) is 20.6 Å². The minimum Gasteiger partial charge on any atom is -0.308 e. The van der Waals surface area contributed by atoms with E-state index in [0.717, 1.165) is 34.0 Å². The lowest BCUT2D eigenvalue weighted by molar-refractivity contribution is 0.262. The number of fused-ring (bicyclic) bond motifs is 1. The molecule has 0 aliphatic carbocycles. The molecule has 6 nitrogen and oxygen atoms in total. The predicted molar refractivity (Wildman–Crippen MR) is 112 cm³/mol. The zero-order chi connectivity index (χ0) is 20.4. The topological polar surface area (TPSA) is 71.8 Å². The molecule has 0 saturated heterocycles. The highest BCUT2D eigenvalue weighted by molar-refractivity contribution is 6.00. The summed E-state index contributed by atoms with van der Waals surface area (Å²) in [5.41, 5.74) is 4.58. The number of benzene rings is 2. The number of carbonyl (C=O) groups excluding carboxylic acids is 1. The minimum absolute atomic E-state index is 0.160. The number of aryl methyl sites for hydroxylation is 2. The summed E-state index contributed by atoms with van der Waals surface area (Å²) in [7, 11) is 1.87. The van der Waals surface area contributed by atoms with Gasteiger partial charge in [0.05, 0.1) is 23.6 Å². The minimum atomic E-state index is -0.499. The Morgan fingerprint density at radius 3 is 2.62 bits per heavy atom. The summed E-state index contributed by atoms with van der Waals surface area (Å²) in [6.45, 7) is 1.97. The van der Waals surface area contributed by atoms with Crippen molar-refractivity contribution in [1.29, 1.82) is 0 Å². The summed E-state index contributed by atoms with van der Waals surface area (Å²) in [6.07, 6.45) is 6.14. The van der Waals surface area contributed by atoms with Crippen molar-refractivity contribution in [3.8, 4) is 11.1 Å². The fourth-order valence-electron chi connectivity index (χ4n) is 3.20. The molecular weight excluding hydrogens is 369 g/mol. The van der Waals surface area contributed by atoms with Crippen LogP contribution in [0.15, 0.2) is 61.1 Å². The van der Waals surface area contributed by atoms with Gasteiger partial charge in [-0.2, -0.15) is 5.10 Å². The molecule has 2 aromatic carbocycles. The molecule has 0 fully saturated rings. The number of halogens is 1. The van der Waals surface area contributed by atoms with E-state index in [1.807, 2.05) is 32.3 Å². The van der Waals surface area contributed by atoms with Crippen molar-refractivity contribution < 1.29 is 9.18 Å². The number of urea groups is 1. The monoisotopic (exact) mass is 389 g/mol. The molecule has 4 aromatic rings. The van der Waals surface area contributed by atoms with E-state index in [1.165, 1.54) is 6.07 Å². The van der Waals surface area contributed by atoms with E-state index >= 15 is 0 Å². The number of hydrogen-bond acceptors (Lipinski definition) is 3. The van der Waals surface area contributed by atoms with Crippen LogP contribution in [0.2, 0.25) is 0 Å². The van der Waals surface area contributed by atoms with Crippen LogP contribution in [0.25, 0.3) is 22.0 Å². The second-order valence-electron chi connectivity index (χ2n) is 6.71. The Labute approximate surface area is 167 Å². The molecule has 7 heteroatoms. The number of pyridine rings is 1. The third kappa shape index (κ3) is 3.80. The average Bonchev–Trinajstić information content (AvgIpc) is 3.11. The van der Waals surface area contributed by atoms with E-state index in [-0.39, 0.29) is 5.69 Å². The number of carbonyl (C=O) groups is 1. The van der Waals surface area contributed by atoms with E-state index < -0.39 is 11.8 Å². The second-order valence-corrected chi connectivity index (χ2v) is 6.71. The van der Waals surface area contributed by atoms with Crippen molar-refractivity contribution in [2.24, 2.45) is 7.05 Å². The molecule has 29 heavy (non-hydrogen) atoms. The second kappa shape index (κ2) is 7.71. The molecule has 0 aliphatic rings. The van der Waals surface area contributed by atoms with Gasteiger partial charge >= 0.3 is 6.03 Å². The first-order valence-electron chi connectivity index (χ1n) is 9.27. The number of nitrogens with one attached hydrogen (secondary N) is 2. The molecule has 2 N–H and O–H groups in total. The third-order valence-corrected chi connectivity index (χ3v) is 4.82. The lowest BCUT2D eigenvalue weighted by atomic mass is 10.0. The molecule has 0 unspecified atom stereocenters. The van der Waals surface area contributed by atoms with Crippen molar-refractivity contribution >= 4 is 28.3 Å². The van der Waals surface area contributed by atoms with E-state index in [2.05, 4.69) is 20.7 Å². The van der Waals surface area contributed by atoms with Crippen molar-refractivity contribution in [1.82, 2.24) is 14.8 Å². The highest BCUT2D eigenvalue weighted by Gasteiger charge is 2.10. The molecule has 0 bridgehead atoms. The molecule has 2 heterocycles. The van der Waals surface area contributed by atoms with Gasteiger partial charge in [-0.1, -0.05) is 25.1 Å². The largest absolute Gasteiger partial charge is 0.323 e. The van der Waals surface area contributed by atoms with Gasteiger partial charge in [0.25, 0.3) is 0 Å². The van der Waals surface area contributed by atoms with Crippen LogP contribution < -0.4 is 10.6 Å². The van der Waals surface area contributed by atoms with Crippen molar-refractivity contribution in [2.75, 3.05) is 10.6 Å². The fourth-order valence-corrected chi connectivity index (χ4v) is 3.20. The quantitative estimate of drug-likeness (QED) is 0.517. The highest BCUT2D eigenvalue weighted by Crippen LogP contribution is 2.28. The maximum Gasteiger partial charge on any atom is 0.323 e. The number of amides is 2. The van der Waals surface area contributed by atoms with Gasteiger partial charge in [0, 0.05) is 29.9 Å². The molecule has 2 amide bonds. The first-order valence-corrected chi connectivity index (χ1v) is 9.27. The van der Waals surface area contributed by atoms with E-state index in [9.17, 15) is 9.18 Å². The fraction of sp³-hybridized carbons (Fsp3) is 0.136. The van der Waals surface area contributed by atoms with Crippen LogP contribution in [0.3, 0.4) is 0 Å². The Bertz CT molecular complexity index is 1180. The zero-order valence-corrected chi connectivity index (χ0v) is 16.1. The predicted octanol–water partition coefficient (Wildman–Crippen LogP) is 4.98. The molecule has 0 aliphatic heterocycles. The first kappa shape index (κ1) is 18.6. The summed E-state index contributed by atoms with van der Waals surface area (Å²) in [4.78, 5) is 16.5. The van der Waals surface area contributed by atoms with E-state index in [0.29, 0.717) is 5.69 Å². The van der Waals surface area contributed by atoms with Crippen LogP contribution in [0.1, 0.15) is 12.5 Å². The van der Waals surface area contributed by atoms with Crippen LogP contribution in [-0.2, 0) is 13.5 Å². The molecule has 0 saturated carbocycles. The number of rotatable bonds is 4. The number of nitrogens with zero attached hydrogens (tertiary/aromatic N) is 3. The van der Waals surface area contributed by atoms with Gasteiger partial charge in [-0.3, -0.25) is 9.67 Å². The average molecular weight is 389 g/mol. The van der Waals surface area contributed by atoms with Gasteiger partial charge in [-0.05, 0) is 41.8 Å². The molecule has 146 valence electrons. The molecule has 0 spiro atoms. The SMILES string of the molecule is CCc1ccc(F)c(NC(=O)Nc2ccc(-c3cncc4c3cnn4C)cc2)c1. The van der Waals surface area contributed by atoms with Gasteiger partial charge in [-0.25, -0.2) is 9.18 Å². The summed E-state index contributed by atoms with van der Waals surface area (Å²) in [5, 5.41) is 10.6. The maximum atomic E-state index is 13.9. The summed E-state index contributed by atoms with van der Waals surface area (Å²) in [5.74, 6) is -0.468. The van der Waals surface area contributed by atoms with Crippen molar-refractivity contribution in [3.05, 3.63) is 72.4 Å². The number of aromatic nitrogens is 3. The lowest BCUT2D eigenvalue weighted by Crippen LogP contribution is -2.20. The molecular formula is C22H20FN5O. The van der Waals surface area contributed by atoms with Gasteiger partial charge in [0.1, 0.15) is 5.82 Å². The Hall–Kier alpha value is -3.74. The van der Waals surface area contributed by atoms with E-state index in [4.69, 9.17) is 0 Å². The van der Waals surface area contributed by atoms with Crippen LogP contribution in [0, 0.1) is 5.82 Å². The number of hydrogen-bond donors (Lipinski definition) is 2. The highest BCUT2D eigenvalue weighted by atomic mass is 19.1. The number of anilines is 2. The Balaban J connectivity index is 1.50. The van der Waals surface area contributed by atoms with E-state index in [1.54, 1.807) is 41.3 Å². The standard InChI is InChI=1S/C22H20FN5O/c1-3-14-4-9-19(23)20(10-14)27-22(29)26-16-7-5-15(6-8-16)17-11-24-13-21-18(17)12-25-28(21)2/h4-13H,3H2,1-2H3,(H2,26,27,29). The third-order valence-electron chi connectivity index (χ3n) is 4.82. The molecule has 0 atom stereocenters. The Morgan fingerprint density at radius 2 is 1.86 bits per heavy atom. The van der Waals surface area contributed by atoms with Gasteiger partial charge in [-0.15, -0.1) is 0 Å². The van der Waals surface area contributed by atoms with Crippen LogP contribution in [0.5, 0.6) is 0 Å². The summed E-state index contributed by atoms with van der Waals surface area (Å²) in [6, 6.07) is 11.6. The van der Waals surface area contributed by atoms with Crippen molar-refractivity contribution in [2.45, 2.75) is 13.3 Å². The molecule has 2 aromatic heterocycles. The van der Waals surface area contributed by atoms with Crippen molar-refractivity contribution in [3.63, 3.8) is 0 Å². The Morgan fingerprint density at radius 1 is 1.07 bits per heavy atom. The maximum absolute atomic E-state index is 13.9. The summed E-state index contributed by atoms with van der Waals surface area (Å²) < 4.78 is 15.7. The zero-order valence-electron chi connectivity index (χ0n) is 16.1. The summed E-state index contributed by atoms with van der Waals surface area (Å²) >= 11 is 0. The normalized spacial score (nSPS) is 10.9. The van der Waals surface area contributed by atoms with Gasteiger partial charge in [0.15, 0.2) is 0 Å². The molecule has 0 radical (unpaired) electrons. The van der Waals surface area contributed by atoms with Crippen LogP contribution in [-0.4, -0.2) is 20.8 Å².